The Morgan fingerprint density at radius 2 is 2.11 bits per heavy atom. The molecule has 1 amide bonds. The maximum atomic E-state index is 13.1. The summed E-state index contributed by atoms with van der Waals surface area (Å²) in [5.41, 5.74) is 1.03. The van der Waals surface area contributed by atoms with Gasteiger partial charge in [0, 0.05) is 44.1 Å². The van der Waals surface area contributed by atoms with Gasteiger partial charge in [-0.05, 0) is 36.6 Å². The van der Waals surface area contributed by atoms with E-state index < -0.39 is 5.60 Å². The number of fused-ring (bicyclic) bond motifs is 1. The van der Waals surface area contributed by atoms with Gasteiger partial charge >= 0.3 is 0 Å². The first-order chi connectivity index (χ1) is 13.5. The molecule has 1 fully saturated rings. The van der Waals surface area contributed by atoms with E-state index in [0.717, 1.165) is 16.8 Å². The number of aliphatic hydroxyl groups is 1. The van der Waals surface area contributed by atoms with E-state index in [4.69, 9.17) is 0 Å². The van der Waals surface area contributed by atoms with Crippen molar-refractivity contribution in [3.05, 3.63) is 65.9 Å². The zero-order valence-corrected chi connectivity index (χ0v) is 15.4. The maximum absolute atomic E-state index is 13.1. The zero-order chi connectivity index (χ0) is 19.6. The fourth-order valence-corrected chi connectivity index (χ4v) is 3.60. The summed E-state index contributed by atoms with van der Waals surface area (Å²) in [6.07, 6.45) is 6.36. The monoisotopic (exact) mass is 383 g/mol. The third-order valence-electron chi connectivity index (χ3n) is 5.08. The number of hydrogen-bond acceptors (Lipinski definition) is 5. The first-order valence-corrected chi connectivity index (χ1v) is 9.29. The van der Waals surface area contributed by atoms with Gasteiger partial charge in [0.05, 0.1) is 6.20 Å². The number of hydrogen-bond donors (Lipinski definition) is 2. The molecule has 0 unspecified atom stereocenters. The summed E-state index contributed by atoms with van der Waals surface area (Å²) in [6, 6.07) is 7.87. The molecule has 1 aliphatic rings. The van der Waals surface area contributed by atoms with Crippen LogP contribution in [0.5, 0.6) is 0 Å². The highest BCUT2D eigenvalue weighted by Gasteiger charge is 2.41. The van der Waals surface area contributed by atoms with E-state index in [-0.39, 0.29) is 18.3 Å². The molecule has 1 aromatic carbocycles. The van der Waals surface area contributed by atoms with Gasteiger partial charge in [0.1, 0.15) is 5.82 Å². The van der Waals surface area contributed by atoms with E-state index in [1.165, 1.54) is 12.1 Å². The molecule has 1 aliphatic heterocycles. The molecule has 146 valence electrons. The van der Waals surface area contributed by atoms with E-state index in [2.05, 4.69) is 15.4 Å². The van der Waals surface area contributed by atoms with Gasteiger partial charge < -0.3 is 15.3 Å². The van der Waals surface area contributed by atoms with Crippen LogP contribution < -0.4 is 5.32 Å². The van der Waals surface area contributed by atoms with Crippen molar-refractivity contribution in [2.75, 3.05) is 13.1 Å². The zero-order valence-electron chi connectivity index (χ0n) is 15.4. The molecule has 7 nitrogen and oxygen atoms in total. The Hall–Kier alpha value is -2.84. The van der Waals surface area contributed by atoms with Crippen LogP contribution >= 0.6 is 0 Å². The number of nitrogens with one attached hydrogen (secondary N) is 1. The molecule has 2 N–H and O–H groups in total. The maximum Gasteiger partial charge on any atom is 0.256 e. The molecule has 8 heteroatoms. The highest BCUT2D eigenvalue weighted by Crippen LogP contribution is 2.24. The van der Waals surface area contributed by atoms with E-state index in [9.17, 15) is 14.3 Å². The number of aromatic nitrogens is 3. The normalized spacial score (nSPS) is 20.1. The number of benzene rings is 1. The Labute approximate surface area is 161 Å². The Balaban J connectivity index is 1.39. The number of carbonyl (C=O) groups is 1. The van der Waals surface area contributed by atoms with Crippen molar-refractivity contribution in [3.63, 3.8) is 0 Å². The molecule has 0 saturated carbocycles. The molecule has 3 aromatic rings. The first kappa shape index (κ1) is 18.5. The summed E-state index contributed by atoms with van der Waals surface area (Å²) in [5.74, 6) is -0.606. The van der Waals surface area contributed by atoms with Crippen LogP contribution in [0.2, 0.25) is 0 Å². The minimum atomic E-state index is -1.45. The highest BCUT2D eigenvalue weighted by molar-refractivity contribution is 5.86. The molecule has 2 aromatic heterocycles. The van der Waals surface area contributed by atoms with Gasteiger partial charge in [-0.15, -0.1) is 0 Å². The van der Waals surface area contributed by atoms with Crippen LogP contribution in [0.3, 0.4) is 0 Å². The molecule has 0 aliphatic carbocycles. The molecule has 4 rings (SSSR count). The number of nitrogens with zero attached hydrogens (tertiary/aromatic N) is 4. The SMILES string of the molecule is O=C1N(Cc2ccc(F)cc2)CCC[C@]1(O)CNCc1cnn2cccnc12. The van der Waals surface area contributed by atoms with Crippen molar-refractivity contribution in [1.82, 2.24) is 24.8 Å². The summed E-state index contributed by atoms with van der Waals surface area (Å²) in [6.45, 7) is 1.54. The molecule has 0 spiro atoms. The fourth-order valence-electron chi connectivity index (χ4n) is 3.60. The predicted molar refractivity (Wildman–Crippen MR) is 101 cm³/mol. The van der Waals surface area contributed by atoms with Crippen molar-refractivity contribution in [3.8, 4) is 0 Å². The van der Waals surface area contributed by atoms with Gasteiger partial charge in [-0.1, -0.05) is 12.1 Å². The summed E-state index contributed by atoms with van der Waals surface area (Å²) >= 11 is 0. The number of piperidine rings is 1. The van der Waals surface area contributed by atoms with Crippen molar-refractivity contribution < 1.29 is 14.3 Å². The molecule has 0 bridgehead atoms. The summed E-state index contributed by atoms with van der Waals surface area (Å²) in [4.78, 5) is 18.8. The average molecular weight is 383 g/mol. The van der Waals surface area contributed by atoms with Crippen molar-refractivity contribution >= 4 is 11.6 Å². The molecule has 0 radical (unpaired) electrons. The molecule has 1 saturated heterocycles. The van der Waals surface area contributed by atoms with E-state index in [0.29, 0.717) is 32.5 Å². The topological polar surface area (TPSA) is 82.8 Å². The number of halogens is 1. The van der Waals surface area contributed by atoms with Crippen LogP contribution in [-0.4, -0.2) is 49.2 Å². The number of amides is 1. The van der Waals surface area contributed by atoms with Gasteiger partial charge in [0.2, 0.25) is 0 Å². The molecule has 3 heterocycles. The standard InChI is InChI=1S/C20H22FN5O2/c21-17-5-3-15(4-6-17)13-25-9-1-7-20(28,19(25)27)14-22-11-16-12-24-26-10-2-8-23-18(16)26/h2-6,8,10,12,22,28H,1,7,9,11,13-14H2/t20-/m0/s1. The van der Waals surface area contributed by atoms with Gasteiger partial charge in [-0.2, -0.15) is 5.10 Å². The quantitative estimate of drug-likeness (QED) is 0.674. The lowest BCUT2D eigenvalue weighted by Crippen LogP contribution is -2.57. The minimum Gasteiger partial charge on any atom is -0.379 e. The number of rotatable bonds is 6. The van der Waals surface area contributed by atoms with Crippen LogP contribution in [0.1, 0.15) is 24.0 Å². The number of likely N-dealkylation sites (tertiary alicyclic amines) is 1. The van der Waals surface area contributed by atoms with Gasteiger partial charge in [-0.25, -0.2) is 13.9 Å². The van der Waals surface area contributed by atoms with Crippen LogP contribution in [-0.2, 0) is 17.9 Å². The fraction of sp³-hybridized carbons (Fsp3) is 0.350. The number of carbonyl (C=O) groups excluding carboxylic acids is 1. The van der Waals surface area contributed by atoms with E-state index in [1.807, 2.05) is 6.20 Å². The second kappa shape index (κ2) is 7.65. The van der Waals surface area contributed by atoms with Crippen molar-refractivity contribution in [2.45, 2.75) is 31.5 Å². The summed E-state index contributed by atoms with van der Waals surface area (Å²) in [7, 11) is 0. The van der Waals surface area contributed by atoms with E-state index in [1.54, 1.807) is 40.0 Å². The summed E-state index contributed by atoms with van der Waals surface area (Å²) < 4.78 is 14.8. The largest absolute Gasteiger partial charge is 0.379 e. The third-order valence-corrected chi connectivity index (χ3v) is 5.08. The van der Waals surface area contributed by atoms with Crippen LogP contribution in [0.15, 0.2) is 48.9 Å². The van der Waals surface area contributed by atoms with Gasteiger partial charge in [-0.3, -0.25) is 4.79 Å². The van der Waals surface area contributed by atoms with Crippen LogP contribution in [0.25, 0.3) is 5.65 Å². The first-order valence-electron chi connectivity index (χ1n) is 9.29. The third kappa shape index (κ3) is 3.74. The van der Waals surface area contributed by atoms with Gasteiger partial charge in [0.15, 0.2) is 11.2 Å². The Morgan fingerprint density at radius 3 is 2.93 bits per heavy atom. The predicted octanol–water partition coefficient (Wildman–Crippen LogP) is 1.51. The Bertz CT molecular complexity index is 974. The molecular weight excluding hydrogens is 361 g/mol. The highest BCUT2D eigenvalue weighted by atomic mass is 19.1. The lowest BCUT2D eigenvalue weighted by Gasteiger charge is -2.38. The van der Waals surface area contributed by atoms with E-state index >= 15 is 0 Å². The minimum absolute atomic E-state index is 0.149. The summed E-state index contributed by atoms with van der Waals surface area (Å²) in [5, 5.41) is 18.3. The molecule has 1 atom stereocenters. The Kier molecular flexibility index (Phi) is 5.06. The van der Waals surface area contributed by atoms with Crippen LogP contribution in [0.4, 0.5) is 4.39 Å². The molecular formula is C20H22FN5O2. The average Bonchev–Trinajstić information content (AvgIpc) is 3.11. The lowest BCUT2D eigenvalue weighted by atomic mass is 9.91. The smallest absolute Gasteiger partial charge is 0.256 e. The lowest BCUT2D eigenvalue weighted by molar-refractivity contribution is -0.157. The second-order valence-corrected chi connectivity index (χ2v) is 7.15. The second-order valence-electron chi connectivity index (χ2n) is 7.15. The van der Waals surface area contributed by atoms with Gasteiger partial charge in [0.25, 0.3) is 5.91 Å². The molecule has 28 heavy (non-hydrogen) atoms. The van der Waals surface area contributed by atoms with Crippen LogP contribution in [0, 0.1) is 5.82 Å². The van der Waals surface area contributed by atoms with Crippen molar-refractivity contribution in [2.24, 2.45) is 0 Å². The van der Waals surface area contributed by atoms with Crippen molar-refractivity contribution in [1.29, 1.82) is 0 Å². The Morgan fingerprint density at radius 1 is 1.29 bits per heavy atom.